The Labute approximate surface area is 107 Å². The first-order chi connectivity index (χ1) is 8.70. The van der Waals surface area contributed by atoms with Crippen molar-refractivity contribution in [2.45, 2.75) is 12.8 Å². The Balaban J connectivity index is 1.74. The molecular weight excluding hydrogens is 230 g/mol. The van der Waals surface area contributed by atoms with Crippen molar-refractivity contribution in [2.75, 3.05) is 31.2 Å². The third-order valence-electron chi connectivity index (χ3n) is 2.93. The molecule has 1 aromatic carbocycles. The predicted octanol–water partition coefficient (Wildman–Crippen LogP) is 1.22. The van der Waals surface area contributed by atoms with E-state index in [1.165, 1.54) is 0 Å². The smallest absolute Gasteiger partial charge is 0.223 e. The van der Waals surface area contributed by atoms with Crippen LogP contribution in [0.2, 0.25) is 0 Å². The number of nitrogens with one attached hydrogen (secondary N) is 2. The molecule has 0 atom stereocenters. The van der Waals surface area contributed by atoms with Crippen LogP contribution in [0.3, 0.4) is 0 Å². The number of anilines is 2. The molecule has 1 aromatic rings. The van der Waals surface area contributed by atoms with Gasteiger partial charge in [-0.1, -0.05) is 0 Å². The minimum Gasteiger partial charge on any atom is -0.495 e. The van der Waals surface area contributed by atoms with Gasteiger partial charge in [-0.15, -0.1) is 0 Å². The van der Waals surface area contributed by atoms with Gasteiger partial charge >= 0.3 is 0 Å². The number of methoxy groups -OCH3 is 1. The quantitative estimate of drug-likeness (QED) is 0.523. The highest BCUT2D eigenvalue weighted by Gasteiger charge is 2.28. The lowest BCUT2D eigenvalue weighted by molar-refractivity contribution is -0.122. The van der Waals surface area contributed by atoms with Gasteiger partial charge in [0.2, 0.25) is 5.91 Å². The Bertz CT molecular complexity index is 430. The standard InChI is InChI=1S/C13H19N3O2/c1-18-12-8-10(4-5-11(12)14)15-6-7-16-13(17)9-2-3-9/h4-5,8-9,15H,2-3,6-7,14H2,1H3,(H,16,17). The molecule has 98 valence electrons. The van der Waals surface area contributed by atoms with Crippen molar-refractivity contribution in [2.24, 2.45) is 5.92 Å². The van der Waals surface area contributed by atoms with Gasteiger partial charge in [-0.05, 0) is 25.0 Å². The molecule has 0 unspecified atom stereocenters. The van der Waals surface area contributed by atoms with Crippen molar-refractivity contribution >= 4 is 17.3 Å². The van der Waals surface area contributed by atoms with Crippen LogP contribution in [0.4, 0.5) is 11.4 Å². The summed E-state index contributed by atoms with van der Waals surface area (Å²) in [6.45, 7) is 1.31. The van der Waals surface area contributed by atoms with Gasteiger partial charge in [0.25, 0.3) is 0 Å². The summed E-state index contributed by atoms with van der Waals surface area (Å²) in [4.78, 5) is 11.4. The first-order valence-corrected chi connectivity index (χ1v) is 6.16. The molecular formula is C13H19N3O2. The van der Waals surface area contributed by atoms with Crippen LogP contribution in [-0.4, -0.2) is 26.1 Å². The second-order valence-corrected chi connectivity index (χ2v) is 4.45. The molecule has 0 heterocycles. The summed E-state index contributed by atoms with van der Waals surface area (Å²) in [6, 6.07) is 5.53. The molecule has 0 aliphatic heterocycles. The number of hydrogen-bond donors (Lipinski definition) is 3. The van der Waals surface area contributed by atoms with Gasteiger partial charge in [0.05, 0.1) is 12.8 Å². The van der Waals surface area contributed by atoms with Crippen molar-refractivity contribution in [3.8, 4) is 5.75 Å². The van der Waals surface area contributed by atoms with E-state index in [1.54, 1.807) is 13.2 Å². The topological polar surface area (TPSA) is 76.4 Å². The molecule has 0 aromatic heterocycles. The van der Waals surface area contributed by atoms with Crippen molar-refractivity contribution in [3.63, 3.8) is 0 Å². The van der Waals surface area contributed by atoms with E-state index in [2.05, 4.69) is 10.6 Å². The predicted molar refractivity (Wildman–Crippen MR) is 71.6 cm³/mol. The second-order valence-electron chi connectivity index (χ2n) is 4.45. The molecule has 5 nitrogen and oxygen atoms in total. The second kappa shape index (κ2) is 5.62. The molecule has 18 heavy (non-hydrogen) atoms. The van der Waals surface area contributed by atoms with Gasteiger partial charge in [-0.25, -0.2) is 0 Å². The maximum Gasteiger partial charge on any atom is 0.223 e. The van der Waals surface area contributed by atoms with E-state index in [-0.39, 0.29) is 11.8 Å². The van der Waals surface area contributed by atoms with E-state index >= 15 is 0 Å². The molecule has 1 saturated carbocycles. The van der Waals surface area contributed by atoms with Crippen LogP contribution < -0.4 is 21.1 Å². The largest absolute Gasteiger partial charge is 0.495 e. The Morgan fingerprint density at radius 2 is 2.22 bits per heavy atom. The number of benzene rings is 1. The number of carbonyl (C=O) groups is 1. The third kappa shape index (κ3) is 3.29. The Morgan fingerprint density at radius 3 is 2.89 bits per heavy atom. The molecule has 0 radical (unpaired) electrons. The highest BCUT2D eigenvalue weighted by atomic mass is 16.5. The number of rotatable bonds is 6. The molecule has 0 bridgehead atoms. The fourth-order valence-corrected chi connectivity index (χ4v) is 1.70. The van der Waals surface area contributed by atoms with E-state index in [9.17, 15) is 4.79 Å². The zero-order valence-corrected chi connectivity index (χ0v) is 10.5. The third-order valence-corrected chi connectivity index (χ3v) is 2.93. The van der Waals surface area contributed by atoms with Crippen LogP contribution >= 0.6 is 0 Å². The lowest BCUT2D eigenvalue weighted by Crippen LogP contribution is -2.29. The fourth-order valence-electron chi connectivity index (χ4n) is 1.70. The minimum atomic E-state index is 0.173. The van der Waals surface area contributed by atoms with Crippen LogP contribution in [0.25, 0.3) is 0 Å². The molecule has 4 N–H and O–H groups in total. The summed E-state index contributed by atoms with van der Waals surface area (Å²) in [6.07, 6.45) is 2.07. The zero-order valence-electron chi connectivity index (χ0n) is 10.5. The monoisotopic (exact) mass is 249 g/mol. The maximum absolute atomic E-state index is 11.4. The summed E-state index contributed by atoms with van der Waals surface area (Å²) in [7, 11) is 1.59. The Morgan fingerprint density at radius 1 is 1.44 bits per heavy atom. The van der Waals surface area contributed by atoms with Gasteiger partial charge < -0.3 is 21.1 Å². The molecule has 1 fully saturated rings. The zero-order chi connectivity index (χ0) is 13.0. The van der Waals surface area contributed by atoms with E-state index in [0.29, 0.717) is 24.5 Å². The van der Waals surface area contributed by atoms with Gasteiger partial charge in [-0.2, -0.15) is 0 Å². The molecule has 2 rings (SSSR count). The highest BCUT2D eigenvalue weighted by molar-refractivity contribution is 5.80. The first kappa shape index (κ1) is 12.5. The summed E-state index contributed by atoms with van der Waals surface area (Å²) in [5, 5.41) is 6.11. The normalized spacial score (nSPS) is 14.1. The van der Waals surface area contributed by atoms with Crippen molar-refractivity contribution in [3.05, 3.63) is 18.2 Å². The average Bonchev–Trinajstić information content (AvgIpc) is 3.20. The van der Waals surface area contributed by atoms with Gasteiger partial charge in [0.15, 0.2) is 0 Å². The number of carbonyl (C=O) groups excluding carboxylic acids is 1. The van der Waals surface area contributed by atoms with Crippen LogP contribution in [0.1, 0.15) is 12.8 Å². The van der Waals surface area contributed by atoms with Crippen LogP contribution in [0.15, 0.2) is 18.2 Å². The summed E-state index contributed by atoms with van der Waals surface area (Å²) in [5.41, 5.74) is 7.27. The van der Waals surface area contributed by atoms with Gasteiger partial charge in [0.1, 0.15) is 5.75 Å². The van der Waals surface area contributed by atoms with Crippen molar-refractivity contribution in [1.82, 2.24) is 5.32 Å². The van der Waals surface area contributed by atoms with Crippen LogP contribution in [0, 0.1) is 5.92 Å². The molecule has 5 heteroatoms. The molecule has 0 spiro atoms. The number of amides is 1. The molecule has 1 amide bonds. The van der Waals surface area contributed by atoms with Crippen molar-refractivity contribution in [1.29, 1.82) is 0 Å². The van der Waals surface area contributed by atoms with Gasteiger partial charge in [0, 0.05) is 30.8 Å². The van der Waals surface area contributed by atoms with Crippen molar-refractivity contribution < 1.29 is 9.53 Å². The molecule has 0 saturated heterocycles. The van der Waals surface area contributed by atoms with E-state index in [1.807, 2.05) is 12.1 Å². The number of nitrogens with two attached hydrogens (primary N) is 1. The van der Waals surface area contributed by atoms with Crippen LogP contribution in [0.5, 0.6) is 5.75 Å². The number of nitrogen functional groups attached to an aromatic ring is 1. The first-order valence-electron chi connectivity index (χ1n) is 6.16. The lowest BCUT2D eigenvalue weighted by Gasteiger charge is -2.10. The van der Waals surface area contributed by atoms with Gasteiger partial charge in [-0.3, -0.25) is 4.79 Å². The maximum atomic E-state index is 11.4. The lowest BCUT2D eigenvalue weighted by atomic mass is 10.2. The summed E-state index contributed by atoms with van der Waals surface area (Å²) < 4.78 is 5.14. The minimum absolute atomic E-state index is 0.173. The molecule has 1 aliphatic carbocycles. The average molecular weight is 249 g/mol. The SMILES string of the molecule is COc1cc(NCCNC(=O)C2CC2)ccc1N. The number of hydrogen-bond acceptors (Lipinski definition) is 4. The van der Waals surface area contributed by atoms with E-state index in [0.717, 1.165) is 18.5 Å². The summed E-state index contributed by atoms with van der Waals surface area (Å²) in [5.74, 6) is 1.09. The van der Waals surface area contributed by atoms with E-state index in [4.69, 9.17) is 10.5 Å². The van der Waals surface area contributed by atoms with E-state index < -0.39 is 0 Å². The van der Waals surface area contributed by atoms with Crippen LogP contribution in [-0.2, 0) is 4.79 Å². The Hall–Kier alpha value is -1.91. The molecule has 1 aliphatic rings. The fraction of sp³-hybridized carbons (Fsp3) is 0.462. The Kier molecular flexibility index (Phi) is 3.92. The number of ether oxygens (including phenoxy) is 1. The summed E-state index contributed by atoms with van der Waals surface area (Å²) >= 11 is 0. The highest BCUT2D eigenvalue weighted by Crippen LogP contribution is 2.28.